The van der Waals surface area contributed by atoms with Gasteiger partial charge >= 0.3 is 6.03 Å². The summed E-state index contributed by atoms with van der Waals surface area (Å²) < 4.78 is 0. The first kappa shape index (κ1) is 17.8. The van der Waals surface area contributed by atoms with Crippen LogP contribution < -0.4 is 5.32 Å². The van der Waals surface area contributed by atoms with Crippen LogP contribution in [0.3, 0.4) is 0 Å². The van der Waals surface area contributed by atoms with E-state index in [0.717, 1.165) is 28.6 Å². The molecule has 0 aliphatic carbocycles. The maximum absolute atomic E-state index is 12.3. The summed E-state index contributed by atoms with van der Waals surface area (Å²) in [5.41, 5.74) is 0.978. The number of rotatable bonds is 7. The molecule has 0 saturated heterocycles. The standard InChI is InChI=1S/C15H23N5OS2/c1-5-6-7-8-12-18-19-14(23-12)17-15(21)20(4)11(3)13-16-10(2)9-22-13/h9,11H,5-8H2,1-4H3,(H,17,19,21). The summed E-state index contributed by atoms with van der Waals surface area (Å²) >= 11 is 3.01. The Morgan fingerprint density at radius 2 is 2.17 bits per heavy atom. The number of thiazole rings is 1. The molecule has 0 fully saturated rings. The zero-order chi connectivity index (χ0) is 16.8. The van der Waals surface area contributed by atoms with E-state index in [4.69, 9.17) is 0 Å². The molecule has 0 radical (unpaired) electrons. The fraction of sp³-hybridized carbons (Fsp3) is 0.600. The van der Waals surface area contributed by atoms with Crippen molar-refractivity contribution in [3.63, 3.8) is 0 Å². The first-order valence-electron chi connectivity index (χ1n) is 7.79. The smallest absolute Gasteiger partial charge is 0.318 e. The Bertz CT molecular complexity index is 639. The molecule has 0 spiro atoms. The third-order valence-electron chi connectivity index (χ3n) is 3.57. The summed E-state index contributed by atoms with van der Waals surface area (Å²) in [6.07, 6.45) is 4.40. The van der Waals surface area contributed by atoms with Gasteiger partial charge in [0.2, 0.25) is 5.13 Å². The number of anilines is 1. The van der Waals surface area contributed by atoms with Crippen LogP contribution in [0.1, 0.15) is 54.9 Å². The zero-order valence-electron chi connectivity index (χ0n) is 14.0. The van der Waals surface area contributed by atoms with Gasteiger partial charge in [-0.15, -0.1) is 21.5 Å². The molecule has 23 heavy (non-hydrogen) atoms. The molecule has 0 saturated carbocycles. The monoisotopic (exact) mass is 353 g/mol. The number of nitrogens with zero attached hydrogens (tertiary/aromatic N) is 4. The van der Waals surface area contributed by atoms with E-state index in [-0.39, 0.29) is 12.1 Å². The third kappa shape index (κ3) is 4.97. The van der Waals surface area contributed by atoms with Crippen molar-refractivity contribution in [2.24, 2.45) is 0 Å². The maximum Gasteiger partial charge on any atom is 0.324 e. The number of unbranched alkanes of at least 4 members (excludes halogenated alkanes) is 2. The first-order chi connectivity index (χ1) is 11.0. The number of amides is 2. The van der Waals surface area contributed by atoms with Gasteiger partial charge in [-0.05, 0) is 20.3 Å². The molecule has 1 atom stereocenters. The minimum atomic E-state index is -0.193. The largest absolute Gasteiger partial charge is 0.324 e. The topological polar surface area (TPSA) is 71.0 Å². The van der Waals surface area contributed by atoms with Crippen LogP contribution >= 0.6 is 22.7 Å². The van der Waals surface area contributed by atoms with Crippen LogP contribution in [0, 0.1) is 6.92 Å². The van der Waals surface area contributed by atoms with Gasteiger partial charge in [0.05, 0.1) is 6.04 Å². The van der Waals surface area contributed by atoms with E-state index in [1.54, 1.807) is 23.3 Å². The second-order valence-electron chi connectivity index (χ2n) is 5.50. The predicted octanol–water partition coefficient (Wildman–Crippen LogP) is 4.26. The molecule has 0 aromatic carbocycles. The Balaban J connectivity index is 1.90. The van der Waals surface area contributed by atoms with Crippen LogP contribution in [0.25, 0.3) is 0 Å². The highest BCUT2D eigenvalue weighted by molar-refractivity contribution is 7.15. The van der Waals surface area contributed by atoms with Crippen molar-refractivity contribution < 1.29 is 4.79 Å². The van der Waals surface area contributed by atoms with Crippen molar-refractivity contribution in [1.29, 1.82) is 0 Å². The molecule has 0 aliphatic rings. The lowest BCUT2D eigenvalue weighted by molar-refractivity contribution is 0.208. The molecule has 2 heterocycles. The van der Waals surface area contributed by atoms with Crippen LogP contribution in [0.2, 0.25) is 0 Å². The van der Waals surface area contributed by atoms with E-state index in [9.17, 15) is 4.79 Å². The quantitative estimate of drug-likeness (QED) is 0.755. The van der Waals surface area contributed by atoms with Crippen LogP contribution in [0.5, 0.6) is 0 Å². The molecule has 2 aromatic heterocycles. The van der Waals surface area contributed by atoms with Crippen LogP contribution in [-0.2, 0) is 6.42 Å². The molecule has 8 heteroatoms. The predicted molar refractivity (Wildman–Crippen MR) is 95.2 cm³/mol. The Morgan fingerprint density at radius 3 is 2.83 bits per heavy atom. The van der Waals surface area contributed by atoms with Crippen molar-refractivity contribution in [2.75, 3.05) is 12.4 Å². The summed E-state index contributed by atoms with van der Waals surface area (Å²) in [5, 5.41) is 15.4. The summed E-state index contributed by atoms with van der Waals surface area (Å²) in [6.45, 7) is 6.09. The van der Waals surface area contributed by atoms with E-state index in [0.29, 0.717) is 5.13 Å². The van der Waals surface area contributed by atoms with E-state index in [2.05, 4.69) is 27.4 Å². The number of aromatic nitrogens is 3. The Hall–Kier alpha value is -1.54. The van der Waals surface area contributed by atoms with Crippen LogP contribution in [0.15, 0.2) is 5.38 Å². The average molecular weight is 354 g/mol. The average Bonchev–Trinajstić information content (AvgIpc) is 3.15. The van der Waals surface area contributed by atoms with Gasteiger partial charge in [0.25, 0.3) is 0 Å². The molecule has 2 aromatic rings. The van der Waals surface area contributed by atoms with Crippen molar-refractivity contribution in [3.8, 4) is 0 Å². The van der Waals surface area contributed by atoms with Crippen molar-refractivity contribution in [2.45, 2.75) is 52.5 Å². The summed E-state index contributed by atoms with van der Waals surface area (Å²) in [5.74, 6) is 0. The number of nitrogens with one attached hydrogen (secondary N) is 1. The van der Waals surface area contributed by atoms with E-state index in [1.165, 1.54) is 24.2 Å². The number of carbonyl (C=O) groups excluding carboxylic acids is 1. The molecular weight excluding hydrogens is 330 g/mol. The molecule has 0 bridgehead atoms. The zero-order valence-corrected chi connectivity index (χ0v) is 15.6. The van der Waals surface area contributed by atoms with Gasteiger partial charge in [-0.2, -0.15) is 0 Å². The van der Waals surface area contributed by atoms with Gasteiger partial charge in [0, 0.05) is 24.5 Å². The van der Waals surface area contributed by atoms with Crippen LogP contribution in [-0.4, -0.2) is 33.2 Å². The van der Waals surface area contributed by atoms with E-state index in [1.807, 2.05) is 19.2 Å². The Morgan fingerprint density at radius 1 is 1.39 bits per heavy atom. The first-order valence-corrected chi connectivity index (χ1v) is 9.49. The van der Waals surface area contributed by atoms with Gasteiger partial charge in [0.15, 0.2) is 0 Å². The number of hydrogen-bond donors (Lipinski definition) is 1. The lowest BCUT2D eigenvalue weighted by Gasteiger charge is -2.22. The normalized spacial score (nSPS) is 12.2. The van der Waals surface area contributed by atoms with Gasteiger partial charge < -0.3 is 4.90 Å². The SMILES string of the molecule is CCCCCc1nnc(NC(=O)N(C)C(C)c2nc(C)cs2)s1. The van der Waals surface area contributed by atoms with Crippen molar-refractivity contribution in [1.82, 2.24) is 20.1 Å². The van der Waals surface area contributed by atoms with Gasteiger partial charge in [0.1, 0.15) is 10.0 Å². The highest BCUT2D eigenvalue weighted by Crippen LogP contribution is 2.24. The number of urea groups is 1. The minimum Gasteiger partial charge on any atom is -0.318 e. The van der Waals surface area contributed by atoms with E-state index >= 15 is 0 Å². The Labute approximate surface area is 145 Å². The molecule has 6 nitrogen and oxygen atoms in total. The summed E-state index contributed by atoms with van der Waals surface area (Å²) in [4.78, 5) is 18.4. The lowest BCUT2D eigenvalue weighted by atomic mass is 10.2. The number of carbonyl (C=O) groups is 1. The molecule has 126 valence electrons. The molecule has 0 aliphatic heterocycles. The van der Waals surface area contributed by atoms with Crippen molar-refractivity contribution in [3.05, 3.63) is 21.1 Å². The van der Waals surface area contributed by atoms with E-state index < -0.39 is 0 Å². The molecule has 1 N–H and O–H groups in total. The highest BCUT2D eigenvalue weighted by Gasteiger charge is 2.21. The second kappa shape index (κ2) is 8.35. The summed E-state index contributed by atoms with van der Waals surface area (Å²) in [7, 11) is 1.76. The molecule has 2 amide bonds. The van der Waals surface area contributed by atoms with Crippen LogP contribution in [0.4, 0.5) is 9.93 Å². The maximum atomic E-state index is 12.3. The van der Waals surface area contributed by atoms with Gasteiger partial charge in [-0.1, -0.05) is 31.1 Å². The Kier molecular flexibility index (Phi) is 6.47. The highest BCUT2D eigenvalue weighted by atomic mass is 32.1. The lowest BCUT2D eigenvalue weighted by Crippen LogP contribution is -2.33. The second-order valence-corrected chi connectivity index (χ2v) is 7.45. The minimum absolute atomic E-state index is 0.0781. The molecule has 2 rings (SSSR count). The molecular formula is C15H23N5OS2. The fourth-order valence-corrected chi connectivity index (χ4v) is 3.68. The summed E-state index contributed by atoms with van der Waals surface area (Å²) in [6, 6.07) is -0.271. The van der Waals surface area contributed by atoms with Gasteiger partial charge in [-0.25, -0.2) is 9.78 Å². The number of hydrogen-bond acceptors (Lipinski definition) is 6. The number of aryl methyl sites for hydroxylation is 2. The van der Waals surface area contributed by atoms with Gasteiger partial charge in [-0.3, -0.25) is 5.32 Å². The molecule has 1 unspecified atom stereocenters. The third-order valence-corrected chi connectivity index (χ3v) is 5.60. The fourth-order valence-electron chi connectivity index (χ4n) is 2.02. The van der Waals surface area contributed by atoms with Crippen molar-refractivity contribution >= 4 is 33.8 Å².